The van der Waals surface area contributed by atoms with Gasteiger partial charge in [0.05, 0.1) is 0 Å². The lowest BCUT2D eigenvalue weighted by Crippen LogP contribution is -2.75. The smallest absolute Gasteiger partial charge is 0.216 e. The number of rotatable bonds is 11. The van der Waals surface area contributed by atoms with Gasteiger partial charge in [0, 0.05) is 6.61 Å². The van der Waals surface area contributed by atoms with E-state index in [0.29, 0.717) is 0 Å². The van der Waals surface area contributed by atoms with Crippen molar-refractivity contribution in [3.05, 3.63) is 145 Å². The van der Waals surface area contributed by atoms with Crippen molar-refractivity contribution < 1.29 is 70.5 Å². The molecule has 0 bridgehead atoms. The normalized spacial score (nSPS) is 12.0. The van der Waals surface area contributed by atoms with Gasteiger partial charge in [0.1, 0.15) is 34.9 Å². The van der Waals surface area contributed by atoms with Gasteiger partial charge in [-0.15, -0.1) is 0 Å². The number of aryl methyl sites for hydroxylation is 6. The molecule has 18 heteroatoms. The summed E-state index contributed by atoms with van der Waals surface area (Å²) in [5.74, 6) is -46.1. The second-order valence-corrected chi connectivity index (χ2v) is 16.2. The van der Waals surface area contributed by atoms with Crippen molar-refractivity contribution in [2.24, 2.45) is 0 Å². The van der Waals surface area contributed by atoms with Gasteiger partial charge in [0.2, 0.25) is 6.35 Å². The second kappa shape index (κ2) is 16.6. The molecule has 0 aliphatic heterocycles. The van der Waals surface area contributed by atoms with Crippen molar-refractivity contribution >= 4 is 41.3 Å². The van der Waals surface area contributed by atoms with E-state index in [1.807, 2.05) is 65.8 Å². The number of hydrogen-bond acceptors (Lipinski definition) is 1. The number of unbranched alkanes of at least 4 members (excludes halogenated alkanes) is 1. The van der Waals surface area contributed by atoms with E-state index < -0.39 is 131 Å². The average molecular weight is 853 g/mol. The standard InChI is InChI=1S/C40H30BF15OP/c1-15-11-17(3)39(18(4)12-15)58(40-19(5)13-16(2)14-20(40)6)10-8-7-9-57-41(21-24(42)30(48)36(54)31(49)25(21)43,22-26(44)32(50)37(55)33(51)27(22)45)23-28(46)34(52)38(56)35(53)29(23)47/h11-14H,7-10H2,1-6H3/q-1. The Hall–Kier alpha value is -4.50. The molecule has 58 heavy (non-hydrogen) atoms. The lowest BCUT2D eigenvalue weighted by Gasteiger charge is -2.44. The van der Waals surface area contributed by atoms with Gasteiger partial charge in [-0.1, -0.05) is 51.8 Å². The highest BCUT2D eigenvalue weighted by Crippen LogP contribution is 2.40. The third-order valence-electron chi connectivity index (χ3n) is 9.91. The fourth-order valence-electron chi connectivity index (χ4n) is 7.78. The van der Waals surface area contributed by atoms with Crippen molar-refractivity contribution in [1.82, 2.24) is 0 Å². The highest BCUT2D eigenvalue weighted by molar-refractivity contribution is 7.73. The predicted octanol–water partition coefficient (Wildman–Crippen LogP) is 9.52. The van der Waals surface area contributed by atoms with Crippen LogP contribution in [0.3, 0.4) is 0 Å². The largest absolute Gasteiger partial charge is 0.579 e. The molecule has 5 aromatic rings. The van der Waals surface area contributed by atoms with Crippen LogP contribution < -0.4 is 27.0 Å². The maximum atomic E-state index is 15.8. The molecule has 0 heterocycles. The first-order valence-electron chi connectivity index (χ1n) is 17.3. The van der Waals surface area contributed by atoms with Crippen LogP contribution in [0.1, 0.15) is 46.2 Å². The third-order valence-corrected chi connectivity index (χ3v) is 13.2. The molecule has 0 saturated carbocycles. The first-order valence-corrected chi connectivity index (χ1v) is 18.8. The zero-order valence-corrected chi connectivity index (χ0v) is 32.1. The van der Waals surface area contributed by atoms with E-state index in [4.69, 9.17) is 4.65 Å². The van der Waals surface area contributed by atoms with Crippen molar-refractivity contribution in [2.75, 3.05) is 12.8 Å². The zero-order chi connectivity index (χ0) is 43.5. The lowest BCUT2D eigenvalue weighted by atomic mass is 9.27. The fourth-order valence-corrected chi connectivity index (χ4v) is 11.0. The van der Waals surface area contributed by atoms with Gasteiger partial charge in [-0.25, -0.2) is 65.9 Å². The van der Waals surface area contributed by atoms with Crippen LogP contribution in [-0.4, -0.2) is 19.1 Å². The maximum absolute atomic E-state index is 15.8. The van der Waals surface area contributed by atoms with Gasteiger partial charge in [-0.05, 0) is 101 Å². The summed E-state index contributed by atoms with van der Waals surface area (Å²) in [6.07, 6.45) is -6.47. The molecule has 0 atom stereocenters. The molecule has 0 aliphatic carbocycles. The van der Waals surface area contributed by atoms with Crippen LogP contribution in [0.25, 0.3) is 0 Å². The van der Waals surface area contributed by atoms with E-state index in [2.05, 4.69) is 0 Å². The maximum Gasteiger partial charge on any atom is 0.216 e. The molecule has 0 amide bonds. The highest BCUT2D eigenvalue weighted by atomic mass is 31.1. The second-order valence-electron chi connectivity index (χ2n) is 14.0. The van der Waals surface area contributed by atoms with Crippen molar-refractivity contribution in [1.29, 1.82) is 0 Å². The minimum Gasteiger partial charge on any atom is -0.579 e. The number of hydrogen-bond donors (Lipinski definition) is 0. The van der Waals surface area contributed by atoms with Crippen LogP contribution in [0.5, 0.6) is 0 Å². The summed E-state index contributed by atoms with van der Waals surface area (Å²) >= 11 is 0. The van der Waals surface area contributed by atoms with E-state index in [-0.39, 0.29) is 12.6 Å². The van der Waals surface area contributed by atoms with E-state index >= 15 is 26.3 Å². The highest BCUT2D eigenvalue weighted by Gasteiger charge is 2.49. The fraction of sp³-hybridized carbons (Fsp3) is 0.250. The van der Waals surface area contributed by atoms with Crippen LogP contribution in [0, 0.1) is 129 Å². The molecule has 0 saturated heterocycles. The lowest BCUT2D eigenvalue weighted by molar-refractivity contribution is 0.304. The minimum atomic E-state index is -6.07. The SMILES string of the molecule is Cc1cc(C)c(P(CCCCO[B-](c2c(F)c(F)c(F)c(F)c2F)(c2c(F)c(F)c(F)c(F)c2F)c2c(F)c(F)c(F)c(F)c2F)c2c(C)cc(C)cc2C)c(C)c1. The quantitative estimate of drug-likeness (QED) is 0.0322. The molecule has 5 aromatic carbocycles. The van der Waals surface area contributed by atoms with Gasteiger partial charge >= 0.3 is 0 Å². The number of benzene rings is 5. The van der Waals surface area contributed by atoms with E-state index in [0.717, 1.165) is 44.0 Å². The van der Waals surface area contributed by atoms with E-state index in [9.17, 15) is 39.5 Å². The van der Waals surface area contributed by atoms with Crippen LogP contribution in [0.4, 0.5) is 65.9 Å². The van der Waals surface area contributed by atoms with Gasteiger partial charge in [0.25, 0.3) is 0 Å². The van der Waals surface area contributed by atoms with E-state index in [1.165, 1.54) is 0 Å². The molecule has 0 fully saturated rings. The predicted molar refractivity (Wildman–Crippen MR) is 191 cm³/mol. The molecule has 0 unspecified atom stereocenters. The summed E-state index contributed by atoms with van der Waals surface area (Å²) in [7, 11) is -1.34. The molecule has 0 radical (unpaired) electrons. The first-order chi connectivity index (χ1) is 27.0. The molecule has 0 aromatic heterocycles. The zero-order valence-electron chi connectivity index (χ0n) is 31.2. The Labute approximate surface area is 323 Å². The van der Waals surface area contributed by atoms with Gasteiger partial charge in [-0.2, -0.15) is 0 Å². The van der Waals surface area contributed by atoms with E-state index in [1.54, 1.807) is 0 Å². The Kier molecular flexibility index (Phi) is 12.8. The third kappa shape index (κ3) is 7.26. The summed E-state index contributed by atoms with van der Waals surface area (Å²) in [5.41, 5.74) is -2.97. The summed E-state index contributed by atoms with van der Waals surface area (Å²) < 4.78 is 232. The molecular formula is C40H30BF15OP-. The van der Waals surface area contributed by atoms with Gasteiger partial charge in [0.15, 0.2) is 52.4 Å². The molecular weight excluding hydrogens is 823 g/mol. The topological polar surface area (TPSA) is 9.23 Å². The van der Waals surface area contributed by atoms with Crippen LogP contribution >= 0.6 is 7.92 Å². The molecule has 0 spiro atoms. The molecule has 0 aliphatic rings. The Bertz CT molecular complexity index is 2130. The summed E-state index contributed by atoms with van der Waals surface area (Å²) in [4.78, 5) is 0. The first kappa shape index (κ1) is 44.6. The van der Waals surface area contributed by atoms with Crippen LogP contribution in [-0.2, 0) is 4.65 Å². The molecule has 5 rings (SSSR count). The number of halogens is 15. The van der Waals surface area contributed by atoms with Crippen molar-refractivity contribution in [2.45, 2.75) is 54.4 Å². The van der Waals surface area contributed by atoms with Gasteiger partial charge < -0.3 is 4.65 Å². The molecule has 0 N–H and O–H groups in total. The Morgan fingerprint density at radius 2 is 0.621 bits per heavy atom. The summed E-state index contributed by atoms with van der Waals surface area (Å²) in [5, 5.41) is 1.83. The molecule has 1 nitrogen and oxygen atoms in total. The van der Waals surface area contributed by atoms with Crippen molar-refractivity contribution in [3.63, 3.8) is 0 Å². The van der Waals surface area contributed by atoms with Gasteiger partial charge in [-0.3, -0.25) is 0 Å². The summed E-state index contributed by atoms with van der Waals surface area (Å²) in [6.45, 7) is 9.88. The molecule has 310 valence electrons. The van der Waals surface area contributed by atoms with Crippen molar-refractivity contribution in [3.8, 4) is 0 Å². The Balaban J connectivity index is 1.77. The Morgan fingerprint density at radius 3 is 0.879 bits per heavy atom. The van der Waals surface area contributed by atoms with Crippen LogP contribution in [0.15, 0.2) is 24.3 Å². The summed E-state index contributed by atoms with van der Waals surface area (Å²) in [6, 6.07) is 7.70. The average Bonchev–Trinajstić information content (AvgIpc) is 3.15. The monoisotopic (exact) mass is 853 g/mol. The van der Waals surface area contributed by atoms with Crippen LogP contribution in [0.2, 0.25) is 0 Å². The Morgan fingerprint density at radius 1 is 0.379 bits per heavy atom. The minimum absolute atomic E-state index is 0.0807.